The number of primary amides is 1. The van der Waals surface area contributed by atoms with Gasteiger partial charge in [0.25, 0.3) is 0 Å². The van der Waals surface area contributed by atoms with Crippen molar-refractivity contribution in [3.8, 4) is 17.1 Å². The standard InChI is InChI=1S/C20H20FIN4O2/c1-4-26-18(13-7-5-12(6-8-13)17(23)27)24-25-19(26)20(2,3)28-16-10-9-14(22)11-15(16)21/h5-11H,4H2,1-3H3,(H2,23,27). The molecule has 146 valence electrons. The summed E-state index contributed by atoms with van der Waals surface area (Å²) in [5.41, 5.74) is 5.59. The molecule has 3 rings (SSSR count). The second kappa shape index (κ2) is 7.86. The third kappa shape index (κ3) is 4.01. The molecule has 0 unspecified atom stereocenters. The molecule has 0 aliphatic heterocycles. The van der Waals surface area contributed by atoms with Gasteiger partial charge in [-0.25, -0.2) is 4.39 Å². The molecule has 1 amide bonds. The van der Waals surface area contributed by atoms with Crippen molar-refractivity contribution in [1.82, 2.24) is 14.8 Å². The Morgan fingerprint density at radius 2 is 1.89 bits per heavy atom. The molecule has 0 atom stereocenters. The zero-order valence-electron chi connectivity index (χ0n) is 15.7. The van der Waals surface area contributed by atoms with Crippen LogP contribution >= 0.6 is 22.6 Å². The maximum atomic E-state index is 14.2. The molecule has 0 aliphatic rings. The SMILES string of the molecule is CCn1c(-c2ccc(C(N)=O)cc2)nnc1C(C)(C)Oc1ccc(I)cc1F. The number of halogens is 2. The molecule has 2 N–H and O–H groups in total. The van der Waals surface area contributed by atoms with Gasteiger partial charge in [0.2, 0.25) is 5.91 Å². The smallest absolute Gasteiger partial charge is 0.248 e. The number of rotatable bonds is 6. The summed E-state index contributed by atoms with van der Waals surface area (Å²) >= 11 is 2.05. The number of ether oxygens (including phenoxy) is 1. The van der Waals surface area contributed by atoms with Gasteiger partial charge in [-0.2, -0.15) is 0 Å². The molecule has 1 heterocycles. The van der Waals surface area contributed by atoms with Crippen LogP contribution < -0.4 is 10.5 Å². The molecule has 0 bridgehead atoms. The Balaban J connectivity index is 1.97. The van der Waals surface area contributed by atoms with Crippen molar-refractivity contribution in [2.75, 3.05) is 0 Å². The summed E-state index contributed by atoms with van der Waals surface area (Å²) in [7, 11) is 0. The number of nitrogens with two attached hydrogens (primary N) is 1. The van der Waals surface area contributed by atoms with Crippen molar-refractivity contribution < 1.29 is 13.9 Å². The molecule has 0 saturated heterocycles. The van der Waals surface area contributed by atoms with Gasteiger partial charge in [-0.05, 0) is 73.7 Å². The zero-order chi connectivity index (χ0) is 20.5. The van der Waals surface area contributed by atoms with Gasteiger partial charge in [0.15, 0.2) is 28.8 Å². The lowest BCUT2D eigenvalue weighted by Gasteiger charge is -2.26. The van der Waals surface area contributed by atoms with Crippen LogP contribution in [0.2, 0.25) is 0 Å². The van der Waals surface area contributed by atoms with Gasteiger partial charge >= 0.3 is 0 Å². The Labute approximate surface area is 176 Å². The van der Waals surface area contributed by atoms with E-state index in [0.29, 0.717) is 23.8 Å². The molecule has 8 heteroatoms. The van der Waals surface area contributed by atoms with Crippen LogP contribution in [0.1, 0.15) is 37.0 Å². The molecule has 1 aromatic heterocycles. The number of hydrogen-bond donors (Lipinski definition) is 1. The van der Waals surface area contributed by atoms with Gasteiger partial charge < -0.3 is 15.0 Å². The molecule has 0 saturated carbocycles. The Morgan fingerprint density at radius 3 is 2.46 bits per heavy atom. The summed E-state index contributed by atoms with van der Waals surface area (Å²) in [5, 5.41) is 8.61. The van der Waals surface area contributed by atoms with Gasteiger partial charge in [0.1, 0.15) is 0 Å². The number of nitrogens with zero attached hydrogens (tertiary/aromatic N) is 3. The minimum Gasteiger partial charge on any atom is -0.477 e. The average Bonchev–Trinajstić information content (AvgIpc) is 3.09. The first-order chi connectivity index (χ1) is 13.2. The van der Waals surface area contributed by atoms with Crippen LogP contribution in [-0.2, 0) is 12.1 Å². The molecule has 0 fully saturated rings. The second-order valence-corrected chi connectivity index (χ2v) is 7.97. The first kappa shape index (κ1) is 20.2. The van der Waals surface area contributed by atoms with E-state index in [1.807, 2.05) is 47.9 Å². The molecule has 3 aromatic rings. The van der Waals surface area contributed by atoms with Crippen LogP contribution in [0.3, 0.4) is 0 Å². The lowest BCUT2D eigenvalue weighted by Crippen LogP contribution is -2.30. The highest BCUT2D eigenvalue weighted by atomic mass is 127. The number of carbonyl (C=O) groups excluding carboxylic acids is 1. The number of hydrogen-bond acceptors (Lipinski definition) is 4. The minimum atomic E-state index is -0.915. The zero-order valence-corrected chi connectivity index (χ0v) is 17.9. The number of carbonyl (C=O) groups is 1. The molecule has 0 aliphatic carbocycles. The highest BCUT2D eigenvalue weighted by Gasteiger charge is 2.31. The van der Waals surface area contributed by atoms with Crippen molar-refractivity contribution in [3.05, 3.63) is 63.2 Å². The van der Waals surface area contributed by atoms with E-state index in [1.54, 1.807) is 36.4 Å². The van der Waals surface area contributed by atoms with Crippen molar-refractivity contribution >= 4 is 28.5 Å². The monoisotopic (exact) mass is 494 g/mol. The summed E-state index contributed by atoms with van der Waals surface area (Å²) in [6.07, 6.45) is 0. The van der Waals surface area contributed by atoms with Crippen LogP contribution in [0.25, 0.3) is 11.4 Å². The molecule has 0 spiro atoms. The van der Waals surface area contributed by atoms with E-state index in [-0.39, 0.29) is 5.75 Å². The summed E-state index contributed by atoms with van der Waals surface area (Å²) in [4.78, 5) is 11.3. The topological polar surface area (TPSA) is 83.0 Å². The second-order valence-electron chi connectivity index (χ2n) is 6.72. The summed E-state index contributed by atoms with van der Waals surface area (Å²) in [6.45, 7) is 6.20. The van der Waals surface area contributed by atoms with Gasteiger partial charge in [0.05, 0.1) is 0 Å². The first-order valence-electron chi connectivity index (χ1n) is 8.71. The molecular formula is C20H20FIN4O2. The van der Waals surface area contributed by atoms with E-state index in [4.69, 9.17) is 10.5 Å². The van der Waals surface area contributed by atoms with Crippen molar-refractivity contribution in [2.45, 2.75) is 32.9 Å². The number of aromatic nitrogens is 3. The fourth-order valence-electron chi connectivity index (χ4n) is 2.92. The van der Waals surface area contributed by atoms with Crippen LogP contribution in [0.15, 0.2) is 42.5 Å². The van der Waals surface area contributed by atoms with Crippen molar-refractivity contribution in [1.29, 1.82) is 0 Å². The van der Waals surface area contributed by atoms with Crippen LogP contribution in [-0.4, -0.2) is 20.7 Å². The maximum absolute atomic E-state index is 14.2. The fraction of sp³-hybridized carbons (Fsp3) is 0.250. The molecule has 2 aromatic carbocycles. The van der Waals surface area contributed by atoms with E-state index >= 15 is 0 Å². The van der Waals surface area contributed by atoms with E-state index in [2.05, 4.69) is 10.2 Å². The van der Waals surface area contributed by atoms with Gasteiger partial charge in [-0.3, -0.25) is 4.79 Å². The molecule has 6 nitrogen and oxygen atoms in total. The quantitative estimate of drug-likeness (QED) is 0.523. The summed E-state index contributed by atoms with van der Waals surface area (Å²) < 4.78 is 22.9. The predicted octanol–water partition coefficient (Wildman–Crippen LogP) is 4.12. The van der Waals surface area contributed by atoms with Gasteiger partial charge in [0, 0.05) is 21.2 Å². The highest BCUT2D eigenvalue weighted by Crippen LogP contribution is 2.31. The Kier molecular flexibility index (Phi) is 5.69. The minimum absolute atomic E-state index is 0.156. The fourth-order valence-corrected chi connectivity index (χ4v) is 3.38. The third-order valence-electron chi connectivity index (χ3n) is 4.29. The Morgan fingerprint density at radius 1 is 1.21 bits per heavy atom. The largest absolute Gasteiger partial charge is 0.477 e. The number of benzene rings is 2. The first-order valence-corrected chi connectivity index (χ1v) is 9.78. The van der Waals surface area contributed by atoms with E-state index in [9.17, 15) is 9.18 Å². The van der Waals surface area contributed by atoms with Gasteiger partial charge in [-0.1, -0.05) is 12.1 Å². The van der Waals surface area contributed by atoms with E-state index < -0.39 is 17.3 Å². The molecule has 28 heavy (non-hydrogen) atoms. The van der Waals surface area contributed by atoms with E-state index in [0.717, 1.165) is 9.13 Å². The van der Waals surface area contributed by atoms with Crippen LogP contribution in [0.4, 0.5) is 4.39 Å². The Bertz CT molecular complexity index is 1020. The lowest BCUT2D eigenvalue weighted by atomic mass is 10.1. The summed E-state index contributed by atoms with van der Waals surface area (Å²) in [5.74, 6) is 0.446. The normalized spacial score (nSPS) is 11.5. The maximum Gasteiger partial charge on any atom is 0.248 e. The van der Waals surface area contributed by atoms with Crippen LogP contribution in [0, 0.1) is 9.39 Å². The summed E-state index contributed by atoms with van der Waals surface area (Å²) in [6, 6.07) is 11.6. The third-order valence-corrected chi connectivity index (χ3v) is 4.96. The van der Waals surface area contributed by atoms with Crippen LogP contribution in [0.5, 0.6) is 5.75 Å². The van der Waals surface area contributed by atoms with E-state index in [1.165, 1.54) is 6.07 Å². The number of amides is 1. The van der Waals surface area contributed by atoms with Gasteiger partial charge in [-0.15, -0.1) is 10.2 Å². The van der Waals surface area contributed by atoms with Crippen molar-refractivity contribution in [2.24, 2.45) is 5.73 Å². The Hall–Kier alpha value is -2.49. The molecule has 0 radical (unpaired) electrons. The highest BCUT2D eigenvalue weighted by molar-refractivity contribution is 14.1. The predicted molar refractivity (Wildman–Crippen MR) is 112 cm³/mol. The molecular weight excluding hydrogens is 474 g/mol. The lowest BCUT2D eigenvalue weighted by molar-refractivity contribution is 0.0885. The van der Waals surface area contributed by atoms with Crippen molar-refractivity contribution in [3.63, 3.8) is 0 Å². The average molecular weight is 494 g/mol.